The second-order valence-corrected chi connectivity index (χ2v) is 8.84. The third-order valence-electron chi connectivity index (χ3n) is 4.61. The van der Waals surface area contributed by atoms with Crippen LogP contribution in [0.5, 0.6) is 0 Å². The molecular formula is C22H17FN2O4S. The molecule has 4 rings (SSSR count). The minimum atomic E-state index is -3.37. The number of para-hydroxylation sites is 1. The van der Waals surface area contributed by atoms with Crippen molar-refractivity contribution in [3.05, 3.63) is 78.1 Å². The van der Waals surface area contributed by atoms with Crippen molar-refractivity contribution in [2.24, 2.45) is 0 Å². The van der Waals surface area contributed by atoms with E-state index < -0.39 is 21.6 Å². The largest absolute Gasteiger partial charge is 0.436 e. The van der Waals surface area contributed by atoms with Crippen molar-refractivity contribution in [3.8, 4) is 11.5 Å². The van der Waals surface area contributed by atoms with Gasteiger partial charge in [-0.05, 0) is 54.6 Å². The van der Waals surface area contributed by atoms with Gasteiger partial charge in [-0.1, -0.05) is 19.1 Å². The zero-order valence-corrected chi connectivity index (χ0v) is 16.7. The molecule has 3 aromatic carbocycles. The minimum absolute atomic E-state index is 0.0124. The average Bonchev–Trinajstić information content (AvgIpc) is 3.17. The molecule has 0 aliphatic rings. The molecule has 0 spiro atoms. The van der Waals surface area contributed by atoms with Crippen molar-refractivity contribution < 1.29 is 22.0 Å². The fourth-order valence-corrected chi connectivity index (χ4v) is 3.86. The van der Waals surface area contributed by atoms with Gasteiger partial charge in [0.2, 0.25) is 5.89 Å². The topological polar surface area (TPSA) is 89.3 Å². The van der Waals surface area contributed by atoms with Crippen LogP contribution in [-0.4, -0.2) is 25.1 Å². The first-order chi connectivity index (χ1) is 14.4. The molecule has 0 unspecified atom stereocenters. The molecule has 0 atom stereocenters. The lowest BCUT2D eigenvalue weighted by molar-refractivity contribution is 0.102. The molecule has 0 fully saturated rings. The molecule has 0 saturated carbocycles. The fraction of sp³-hybridized carbons (Fsp3) is 0.0909. The molecule has 0 aliphatic heterocycles. The number of rotatable bonds is 5. The Morgan fingerprint density at radius 1 is 1.07 bits per heavy atom. The number of benzene rings is 3. The summed E-state index contributed by atoms with van der Waals surface area (Å²) in [6, 6.07) is 16.7. The summed E-state index contributed by atoms with van der Waals surface area (Å²) in [5.41, 5.74) is 2.13. The lowest BCUT2D eigenvalue weighted by Crippen LogP contribution is -2.12. The van der Waals surface area contributed by atoms with Crippen molar-refractivity contribution in [1.29, 1.82) is 0 Å². The monoisotopic (exact) mass is 424 g/mol. The van der Waals surface area contributed by atoms with E-state index in [-0.39, 0.29) is 16.5 Å². The highest BCUT2D eigenvalue weighted by molar-refractivity contribution is 7.91. The van der Waals surface area contributed by atoms with E-state index in [2.05, 4.69) is 10.3 Å². The van der Waals surface area contributed by atoms with Gasteiger partial charge in [0.05, 0.1) is 21.9 Å². The molecular weight excluding hydrogens is 407 g/mol. The van der Waals surface area contributed by atoms with Crippen molar-refractivity contribution in [3.63, 3.8) is 0 Å². The number of carbonyl (C=O) groups excluding carboxylic acids is 1. The number of hydrogen-bond acceptors (Lipinski definition) is 5. The molecule has 152 valence electrons. The van der Waals surface area contributed by atoms with E-state index in [0.29, 0.717) is 27.9 Å². The number of nitrogens with one attached hydrogen (secondary N) is 1. The van der Waals surface area contributed by atoms with Crippen LogP contribution < -0.4 is 5.32 Å². The van der Waals surface area contributed by atoms with E-state index in [9.17, 15) is 17.6 Å². The molecule has 30 heavy (non-hydrogen) atoms. The Balaban J connectivity index is 1.70. The molecule has 6 nitrogen and oxygen atoms in total. The number of nitrogens with zero attached hydrogens (tertiary/aromatic N) is 1. The van der Waals surface area contributed by atoms with Gasteiger partial charge in [0.15, 0.2) is 15.4 Å². The van der Waals surface area contributed by atoms with Gasteiger partial charge in [-0.2, -0.15) is 0 Å². The highest BCUT2D eigenvalue weighted by Gasteiger charge is 2.17. The summed E-state index contributed by atoms with van der Waals surface area (Å²) >= 11 is 0. The van der Waals surface area contributed by atoms with Gasteiger partial charge in [-0.3, -0.25) is 4.79 Å². The fourth-order valence-electron chi connectivity index (χ4n) is 2.96. The third kappa shape index (κ3) is 3.81. The Bertz CT molecular complexity index is 1350. The van der Waals surface area contributed by atoms with Gasteiger partial charge >= 0.3 is 0 Å². The van der Waals surface area contributed by atoms with E-state index >= 15 is 0 Å². The first kappa shape index (κ1) is 19.8. The summed E-state index contributed by atoms with van der Waals surface area (Å²) in [6.07, 6.45) is 0. The molecule has 8 heteroatoms. The zero-order chi connectivity index (χ0) is 21.3. The zero-order valence-electron chi connectivity index (χ0n) is 15.9. The van der Waals surface area contributed by atoms with E-state index in [1.165, 1.54) is 36.4 Å². The number of aromatic nitrogens is 1. The Morgan fingerprint density at radius 2 is 1.80 bits per heavy atom. The van der Waals surface area contributed by atoms with Gasteiger partial charge in [-0.25, -0.2) is 17.8 Å². The predicted octanol–water partition coefficient (Wildman–Crippen LogP) is 4.68. The molecule has 1 amide bonds. The van der Waals surface area contributed by atoms with E-state index in [1.807, 2.05) is 0 Å². The van der Waals surface area contributed by atoms with Crippen LogP contribution in [0, 0.1) is 5.82 Å². The van der Waals surface area contributed by atoms with Gasteiger partial charge in [0.25, 0.3) is 5.91 Å². The summed E-state index contributed by atoms with van der Waals surface area (Å²) in [5.74, 6) is -0.606. The number of carbonyl (C=O) groups is 1. The number of fused-ring (bicyclic) bond motifs is 1. The Labute approximate surface area is 172 Å². The first-order valence-corrected chi connectivity index (χ1v) is 10.8. The lowest BCUT2D eigenvalue weighted by atomic mass is 10.1. The summed E-state index contributed by atoms with van der Waals surface area (Å²) in [5, 5.41) is 2.78. The van der Waals surface area contributed by atoms with Crippen LogP contribution >= 0.6 is 0 Å². The van der Waals surface area contributed by atoms with Crippen LogP contribution in [0.15, 0.2) is 76.0 Å². The highest BCUT2D eigenvalue weighted by Crippen LogP contribution is 2.31. The van der Waals surface area contributed by atoms with E-state index in [1.54, 1.807) is 37.3 Å². The molecule has 1 aromatic heterocycles. The Kier molecular flexibility index (Phi) is 5.09. The maximum Gasteiger partial charge on any atom is 0.255 e. The predicted molar refractivity (Wildman–Crippen MR) is 112 cm³/mol. The standard InChI is InChI=1S/C22H17FN2O4S/c1-2-30(27,28)16-11-12-20-19(13-16)25-22(29-20)17-5-3-4-6-18(17)24-21(26)14-7-9-15(23)10-8-14/h3-13H,2H2,1H3,(H,24,26). The highest BCUT2D eigenvalue weighted by atomic mass is 32.2. The molecule has 0 saturated heterocycles. The SMILES string of the molecule is CCS(=O)(=O)c1ccc2oc(-c3ccccc3NC(=O)c3ccc(F)cc3)nc2c1. The number of amides is 1. The Morgan fingerprint density at radius 3 is 2.53 bits per heavy atom. The number of oxazole rings is 1. The van der Waals surface area contributed by atoms with Crippen LogP contribution in [0.25, 0.3) is 22.6 Å². The van der Waals surface area contributed by atoms with Gasteiger partial charge in [0.1, 0.15) is 11.3 Å². The normalized spacial score (nSPS) is 11.5. The van der Waals surface area contributed by atoms with Gasteiger partial charge in [-0.15, -0.1) is 0 Å². The van der Waals surface area contributed by atoms with Crippen LogP contribution in [0.1, 0.15) is 17.3 Å². The van der Waals surface area contributed by atoms with Gasteiger partial charge in [0, 0.05) is 5.56 Å². The molecule has 0 bridgehead atoms. The van der Waals surface area contributed by atoms with Crippen LogP contribution in [-0.2, 0) is 9.84 Å². The smallest absolute Gasteiger partial charge is 0.255 e. The number of halogens is 1. The van der Waals surface area contributed by atoms with Crippen LogP contribution in [0.4, 0.5) is 10.1 Å². The summed E-state index contributed by atoms with van der Waals surface area (Å²) in [7, 11) is -3.37. The van der Waals surface area contributed by atoms with Crippen molar-refractivity contribution in [2.75, 3.05) is 11.1 Å². The molecule has 1 heterocycles. The van der Waals surface area contributed by atoms with Crippen molar-refractivity contribution in [2.45, 2.75) is 11.8 Å². The van der Waals surface area contributed by atoms with E-state index in [4.69, 9.17) is 4.42 Å². The maximum absolute atomic E-state index is 13.1. The quantitative estimate of drug-likeness (QED) is 0.502. The molecule has 4 aromatic rings. The maximum atomic E-state index is 13.1. The van der Waals surface area contributed by atoms with Crippen LogP contribution in [0.3, 0.4) is 0 Å². The van der Waals surface area contributed by atoms with Gasteiger partial charge < -0.3 is 9.73 Å². The van der Waals surface area contributed by atoms with Crippen molar-refractivity contribution >= 4 is 32.5 Å². The van der Waals surface area contributed by atoms with Crippen LogP contribution in [0.2, 0.25) is 0 Å². The average molecular weight is 424 g/mol. The number of sulfone groups is 1. The lowest BCUT2D eigenvalue weighted by Gasteiger charge is -2.08. The minimum Gasteiger partial charge on any atom is -0.436 e. The molecule has 0 aliphatic carbocycles. The second kappa shape index (κ2) is 7.72. The molecule has 1 N–H and O–H groups in total. The summed E-state index contributed by atoms with van der Waals surface area (Å²) in [6.45, 7) is 1.58. The van der Waals surface area contributed by atoms with E-state index in [0.717, 1.165) is 0 Å². The number of hydrogen-bond donors (Lipinski definition) is 1. The summed E-state index contributed by atoms with van der Waals surface area (Å²) in [4.78, 5) is 17.1. The van der Waals surface area contributed by atoms with Crippen molar-refractivity contribution in [1.82, 2.24) is 4.98 Å². The Hall–Kier alpha value is -3.52. The second-order valence-electron chi connectivity index (χ2n) is 6.56. The number of anilines is 1. The molecule has 0 radical (unpaired) electrons. The summed E-state index contributed by atoms with van der Waals surface area (Å²) < 4.78 is 43.1. The first-order valence-electron chi connectivity index (χ1n) is 9.17. The third-order valence-corrected chi connectivity index (χ3v) is 6.34.